The average molecular weight is 220 g/mol. The lowest BCUT2D eigenvalue weighted by Gasteiger charge is -2.40. The van der Waals surface area contributed by atoms with Gasteiger partial charge in [0, 0.05) is 6.04 Å². The Labute approximate surface area is 97.2 Å². The summed E-state index contributed by atoms with van der Waals surface area (Å²) in [6, 6.07) is 2.52. The first-order chi connectivity index (χ1) is 7.57. The van der Waals surface area contributed by atoms with E-state index in [9.17, 15) is 4.79 Å². The van der Waals surface area contributed by atoms with Crippen molar-refractivity contribution in [2.24, 2.45) is 17.3 Å². The summed E-state index contributed by atoms with van der Waals surface area (Å²) in [5, 5.41) is 12.2. The summed E-state index contributed by atoms with van der Waals surface area (Å²) in [7, 11) is 0. The SMILES string of the molecule is CC1CC(C#N)(C(=O)NC2CCCC2C)C1. The summed E-state index contributed by atoms with van der Waals surface area (Å²) < 4.78 is 0. The van der Waals surface area contributed by atoms with Crippen molar-refractivity contribution in [3.05, 3.63) is 0 Å². The number of nitrogens with zero attached hydrogens (tertiary/aromatic N) is 1. The molecular weight excluding hydrogens is 200 g/mol. The van der Waals surface area contributed by atoms with Crippen LogP contribution in [0, 0.1) is 28.6 Å². The fourth-order valence-electron chi connectivity index (χ4n) is 3.12. The molecule has 0 radical (unpaired) electrons. The van der Waals surface area contributed by atoms with E-state index in [1.807, 2.05) is 0 Å². The molecule has 0 aliphatic heterocycles. The molecule has 0 aromatic heterocycles. The van der Waals surface area contributed by atoms with E-state index in [0.717, 1.165) is 19.3 Å². The smallest absolute Gasteiger partial charge is 0.240 e. The number of carbonyl (C=O) groups excluding carboxylic acids is 1. The van der Waals surface area contributed by atoms with Crippen LogP contribution in [-0.4, -0.2) is 11.9 Å². The third-order valence-electron chi connectivity index (χ3n) is 4.22. The molecule has 0 spiro atoms. The van der Waals surface area contributed by atoms with E-state index in [0.29, 0.717) is 17.9 Å². The van der Waals surface area contributed by atoms with Gasteiger partial charge in [-0.2, -0.15) is 5.26 Å². The summed E-state index contributed by atoms with van der Waals surface area (Å²) in [5.74, 6) is 1.07. The first kappa shape index (κ1) is 11.4. The molecule has 2 rings (SSSR count). The Morgan fingerprint density at radius 1 is 1.38 bits per heavy atom. The number of amides is 1. The highest BCUT2D eigenvalue weighted by Gasteiger charge is 2.49. The summed E-state index contributed by atoms with van der Waals surface area (Å²) in [5.41, 5.74) is -0.707. The number of hydrogen-bond donors (Lipinski definition) is 1. The zero-order chi connectivity index (χ0) is 11.8. The Morgan fingerprint density at radius 3 is 2.50 bits per heavy atom. The molecule has 2 saturated carbocycles. The molecule has 16 heavy (non-hydrogen) atoms. The van der Waals surface area contributed by atoms with Crippen LogP contribution in [0.15, 0.2) is 0 Å². The van der Waals surface area contributed by atoms with Gasteiger partial charge in [0.25, 0.3) is 0 Å². The maximum atomic E-state index is 12.1. The van der Waals surface area contributed by atoms with Gasteiger partial charge >= 0.3 is 0 Å². The van der Waals surface area contributed by atoms with Crippen LogP contribution in [0.2, 0.25) is 0 Å². The van der Waals surface area contributed by atoms with Crippen LogP contribution in [0.4, 0.5) is 0 Å². The first-order valence-corrected chi connectivity index (χ1v) is 6.29. The Balaban J connectivity index is 1.95. The normalized spacial score (nSPS) is 42.2. The van der Waals surface area contributed by atoms with Gasteiger partial charge in [-0.05, 0) is 37.5 Å². The van der Waals surface area contributed by atoms with Gasteiger partial charge in [-0.3, -0.25) is 4.79 Å². The minimum absolute atomic E-state index is 0.0214. The Hall–Kier alpha value is -1.04. The van der Waals surface area contributed by atoms with E-state index in [1.54, 1.807) is 0 Å². The van der Waals surface area contributed by atoms with E-state index >= 15 is 0 Å². The Bertz CT molecular complexity index is 325. The second kappa shape index (κ2) is 4.08. The highest BCUT2D eigenvalue weighted by molar-refractivity contribution is 5.86. The fourth-order valence-corrected chi connectivity index (χ4v) is 3.12. The van der Waals surface area contributed by atoms with Crippen molar-refractivity contribution in [1.82, 2.24) is 5.32 Å². The van der Waals surface area contributed by atoms with Crippen LogP contribution in [0.25, 0.3) is 0 Å². The van der Waals surface area contributed by atoms with Gasteiger partial charge in [0.15, 0.2) is 0 Å². The van der Waals surface area contributed by atoms with Gasteiger partial charge in [-0.15, -0.1) is 0 Å². The van der Waals surface area contributed by atoms with E-state index in [4.69, 9.17) is 5.26 Å². The van der Waals surface area contributed by atoms with Gasteiger partial charge in [0.1, 0.15) is 5.41 Å². The Kier molecular flexibility index (Phi) is 2.92. The summed E-state index contributed by atoms with van der Waals surface area (Å²) in [4.78, 5) is 12.1. The molecule has 2 unspecified atom stereocenters. The van der Waals surface area contributed by atoms with Crippen LogP contribution in [0.3, 0.4) is 0 Å². The molecular formula is C13H20N2O. The maximum absolute atomic E-state index is 12.1. The van der Waals surface area contributed by atoms with E-state index in [-0.39, 0.29) is 5.91 Å². The molecule has 3 nitrogen and oxygen atoms in total. The topological polar surface area (TPSA) is 52.9 Å². The summed E-state index contributed by atoms with van der Waals surface area (Å²) in [6.07, 6.45) is 4.93. The highest BCUT2D eigenvalue weighted by atomic mass is 16.2. The number of nitrogens with one attached hydrogen (secondary N) is 1. The maximum Gasteiger partial charge on any atom is 0.240 e. The molecule has 0 saturated heterocycles. The third-order valence-corrected chi connectivity index (χ3v) is 4.22. The van der Waals surface area contributed by atoms with Crippen molar-refractivity contribution in [3.8, 4) is 6.07 Å². The van der Waals surface area contributed by atoms with Crippen molar-refractivity contribution in [2.45, 2.75) is 52.0 Å². The molecule has 2 atom stereocenters. The second-order valence-corrected chi connectivity index (χ2v) is 5.70. The van der Waals surface area contributed by atoms with Crippen LogP contribution in [-0.2, 0) is 4.79 Å². The molecule has 2 fully saturated rings. The lowest BCUT2D eigenvalue weighted by atomic mass is 9.63. The molecule has 88 valence electrons. The zero-order valence-corrected chi connectivity index (χ0v) is 10.1. The van der Waals surface area contributed by atoms with Crippen molar-refractivity contribution in [3.63, 3.8) is 0 Å². The van der Waals surface area contributed by atoms with Gasteiger partial charge in [-0.1, -0.05) is 20.3 Å². The van der Waals surface area contributed by atoms with E-state index < -0.39 is 5.41 Å². The standard InChI is InChI=1S/C13H20N2O/c1-9-6-13(7-9,8-14)12(16)15-11-5-3-4-10(11)2/h9-11H,3-7H2,1-2H3,(H,15,16). The first-order valence-electron chi connectivity index (χ1n) is 6.29. The Morgan fingerprint density at radius 2 is 2.06 bits per heavy atom. The lowest BCUT2D eigenvalue weighted by molar-refractivity contribution is -0.134. The van der Waals surface area contributed by atoms with Gasteiger partial charge in [-0.25, -0.2) is 0 Å². The number of carbonyl (C=O) groups is 1. The number of hydrogen-bond acceptors (Lipinski definition) is 2. The van der Waals surface area contributed by atoms with Crippen LogP contribution in [0.1, 0.15) is 46.0 Å². The predicted molar refractivity (Wildman–Crippen MR) is 61.4 cm³/mol. The second-order valence-electron chi connectivity index (χ2n) is 5.70. The van der Waals surface area contributed by atoms with Crippen LogP contribution < -0.4 is 5.32 Å². The molecule has 0 aromatic carbocycles. The van der Waals surface area contributed by atoms with Gasteiger partial charge in [0.2, 0.25) is 5.91 Å². The van der Waals surface area contributed by atoms with Gasteiger partial charge in [0.05, 0.1) is 6.07 Å². The highest BCUT2D eigenvalue weighted by Crippen LogP contribution is 2.45. The van der Waals surface area contributed by atoms with Crippen molar-refractivity contribution in [2.75, 3.05) is 0 Å². The van der Waals surface area contributed by atoms with Crippen molar-refractivity contribution >= 4 is 5.91 Å². The van der Waals surface area contributed by atoms with Crippen LogP contribution in [0.5, 0.6) is 0 Å². The minimum atomic E-state index is -0.707. The molecule has 2 aliphatic rings. The van der Waals surface area contributed by atoms with E-state index in [1.165, 1.54) is 12.8 Å². The molecule has 0 bridgehead atoms. The van der Waals surface area contributed by atoms with Crippen molar-refractivity contribution in [1.29, 1.82) is 5.26 Å². The molecule has 3 heteroatoms. The van der Waals surface area contributed by atoms with Gasteiger partial charge < -0.3 is 5.32 Å². The lowest BCUT2D eigenvalue weighted by Crippen LogP contribution is -2.51. The molecule has 1 amide bonds. The number of rotatable bonds is 2. The molecule has 0 aromatic rings. The zero-order valence-electron chi connectivity index (χ0n) is 10.1. The predicted octanol–water partition coefficient (Wildman–Crippen LogP) is 2.23. The monoisotopic (exact) mass is 220 g/mol. The third kappa shape index (κ3) is 1.81. The minimum Gasteiger partial charge on any atom is -0.352 e. The molecule has 0 heterocycles. The summed E-state index contributed by atoms with van der Waals surface area (Å²) in [6.45, 7) is 4.28. The largest absolute Gasteiger partial charge is 0.352 e. The number of nitriles is 1. The van der Waals surface area contributed by atoms with Crippen molar-refractivity contribution < 1.29 is 4.79 Å². The molecule has 1 N–H and O–H groups in total. The summed E-state index contributed by atoms with van der Waals surface area (Å²) >= 11 is 0. The molecule has 2 aliphatic carbocycles. The quantitative estimate of drug-likeness (QED) is 0.775. The fraction of sp³-hybridized carbons (Fsp3) is 0.846. The average Bonchev–Trinajstić information content (AvgIpc) is 2.59. The van der Waals surface area contributed by atoms with E-state index in [2.05, 4.69) is 25.2 Å². The van der Waals surface area contributed by atoms with Crippen LogP contribution >= 0.6 is 0 Å².